The number of halogens is 2. The number of carboxylic acid groups (broad SMARTS) is 1. The van der Waals surface area contributed by atoms with Gasteiger partial charge in [-0.15, -0.1) is 0 Å². The number of benzene rings is 1. The van der Waals surface area contributed by atoms with Gasteiger partial charge in [-0.05, 0) is 38.0 Å². The summed E-state index contributed by atoms with van der Waals surface area (Å²) in [6.45, 7) is 1.98. The number of hydrogen-bond donors (Lipinski definition) is 1. The van der Waals surface area contributed by atoms with Crippen LogP contribution >= 0.6 is 23.2 Å². The fourth-order valence-electron chi connectivity index (χ4n) is 2.90. The highest BCUT2D eigenvalue weighted by Gasteiger charge is 2.46. The van der Waals surface area contributed by atoms with Crippen LogP contribution in [0.5, 0.6) is 0 Å². The first-order valence-electron chi connectivity index (χ1n) is 7.38. The number of nitrogens with zero attached hydrogens (tertiary/aromatic N) is 3. The molecular formula is C16H15Cl2N3O3. The predicted octanol–water partition coefficient (Wildman–Crippen LogP) is 3.26. The minimum Gasteiger partial charge on any atom is -0.480 e. The first-order valence-corrected chi connectivity index (χ1v) is 8.14. The second-order valence-corrected chi connectivity index (χ2v) is 6.75. The summed E-state index contributed by atoms with van der Waals surface area (Å²) >= 11 is 12.0. The molecule has 0 aliphatic carbocycles. The van der Waals surface area contributed by atoms with Crippen molar-refractivity contribution in [2.24, 2.45) is 0 Å². The second-order valence-electron chi connectivity index (χ2n) is 5.91. The smallest absolute Gasteiger partial charge is 0.329 e. The van der Waals surface area contributed by atoms with Gasteiger partial charge in [0.1, 0.15) is 5.54 Å². The molecule has 1 atom stereocenters. The molecular weight excluding hydrogens is 353 g/mol. The summed E-state index contributed by atoms with van der Waals surface area (Å²) in [4.78, 5) is 25.6. The van der Waals surface area contributed by atoms with E-state index in [9.17, 15) is 14.7 Å². The van der Waals surface area contributed by atoms with Crippen LogP contribution in [0.4, 0.5) is 0 Å². The van der Waals surface area contributed by atoms with Gasteiger partial charge < -0.3 is 10.0 Å². The van der Waals surface area contributed by atoms with Crippen LogP contribution in [0.3, 0.4) is 0 Å². The quantitative estimate of drug-likeness (QED) is 0.903. The number of amides is 1. The van der Waals surface area contributed by atoms with E-state index in [-0.39, 0.29) is 5.91 Å². The highest BCUT2D eigenvalue weighted by Crippen LogP contribution is 2.31. The van der Waals surface area contributed by atoms with Crippen molar-refractivity contribution in [2.75, 3.05) is 6.54 Å². The van der Waals surface area contributed by atoms with E-state index in [4.69, 9.17) is 23.2 Å². The van der Waals surface area contributed by atoms with Gasteiger partial charge in [0.15, 0.2) is 0 Å². The summed E-state index contributed by atoms with van der Waals surface area (Å²) in [6, 6.07) is 4.96. The van der Waals surface area contributed by atoms with Crippen LogP contribution in [-0.2, 0) is 4.79 Å². The summed E-state index contributed by atoms with van der Waals surface area (Å²) in [5.74, 6) is -1.35. The summed E-state index contributed by atoms with van der Waals surface area (Å²) < 4.78 is 1.47. The Labute approximate surface area is 148 Å². The largest absolute Gasteiger partial charge is 0.480 e. The van der Waals surface area contributed by atoms with Crippen LogP contribution in [0.1, 0.15) is 30.1 Å². The molecule has 1 unspecified atom stereocenters. The molecule has 1 aliphatic rings. The third-order valence-corrected chi connectivity index (χ3v) is 4.87. The van der Waals surface area contributed by atoms with Crippen molar-refractivity contribution in [3.63, 3.8) is 0 Å². The zero-order valence-electron chi connectivity index (χ0n) is 12.9. The molecule has 0 bridgehead atoms. The molecule has 1 saturated heterocycles. The van der Waals surface area contributed by atoms with Crippen molar-refractivity contribution in [3.05, 3.63) is 46.2 Å². The number of aliphatic carboxylic acids is 1. The van der Waals surface area contributed by atoms with E-state index in [1.165, 1.54) is 22.0 Å². The topological polar surface area (TPSA) is 75.4 Å². The van der Waals surface area contributed by atoms with Gasteiger partial charge in [0, 0.05) is 17.8 Å². The Bertz CT molecular complexity index is 821. The Morgan fingerprint density at radius 3 is 2.75 bits per heavy atom. The maximum Gasteiger partial charge on any atom is 0.329 e. The maximum atomic E-state index is 12.7. The Morgan fingerprint density at radius 1 is 1.33 bits per heavy atom. The van der Waals surface area contributed by atoms with Gasteiger partial charge in [-0.1, -0.05) is 23.2 Å². The molecule has 1 aliphatic heterocycles. The highest BCUT2D eigenvalue weighted by molar-refractivity contribution is 6.35. The third kappa shape index (κ3) is 2.76. The van der Waals surface area contributed by atoms with Gasteiger partial charge in [0.05, 0.1) is 22.5 Å². The summed E-state index contributed by atoms with van der Waals surface area (Å²) in [6.07, 6.45) is 4.04. The summed E-state index contributed by atoms with van der Waals surface area (Å²) in [5, 5.41) is 14.5. The van der Waals surface area contributed by atoms with Crippen molar-refractivity contribution < 1.29 is 14.7 Å². The number of carboxylic acids is 1. The Balaban J connectivity index is 1.90. The van der Waals surface area contributed by atoms with Gasteiger partial charge >= 0.3 is 5.97 Å². The van der Waals surface area contributed by atoms with E-state index in [2.05, 4.69) is 5.10 Å². The number of carbonyl (C=O) groups is 2. The number of carbonyl (C=O) groups excluding carboxylic acids is 1. The third-order valence-electron chi connectivity index (χ3n) is 4.33. The normalized spacial score (nSPS) is 20.4. The van der Waals surface area contributed by atoms with E-state index in [0.717, 1.165) is 0 Å². The van der Waals surface area contributed by atoms with E-state index in [1.54, 1.807) is 25.1 Å². The summed E-state index contributed by atoms with van der Waals surface area (Å²) in [7, 11) is 0. The van der Waals surface area contributed by atoms with E-state index < -0.39 is 11.5 Å². The van der Waals surface area contributed by atoms with Crippen LogP contribution in [0.15, 0.2) is 30.6 Å². The first-order chi connectivity index (χ1) is 11.3. The Morgan fingerprint density at radius 2 is 2.08 bits per heavy atom. The summed E-state index contributed by atoms with van der Waals surface area (Å²) in [5.41, 5.74) is -0.283. The van der Waals surface area contributed by atoms with E-state index in [0.29, 0.717) is 40.7 Å². The lowest BCUT2D eigenvalue weighted by Gasteiger charge is -2.30. The van der Waals surface area contributed by atoms with Gasteiger partial charge in [0.25, 0.3) is 5.91 Å². The van der Waals surface area contributed by atoms with Gasteiger partial charge in [-0.2, -0.15) is 5.10 Å². The second kappa shape index (κ2) is 6.11. The lowest BCUT2D eigenvalue weighted by Crippen LogP contribution is -2.50. The molecule has 8 heteroatoms. The van der Waals surface area contributed by atoms with Crippen LogP contribution in [0.25, 0.3) is 5.69 Å². The predicted molar refractivity (Wildman–Crippen MR) is 89.9 cm³/mol. The Hall–Kier alpha value is -2.05. The van der Waals surface area contributed by atoms with Crippen LogP contribution in [0, 0.1) is 0 Å². The molecule has 0 spiro atoms. The zero-order valence-corrected chi connectivity index (χ0v) is 14.4. The van der Waals surface area contributed by atoms with Crippen molar-refractivity contribution in [2.45, 2.75) is 25.3 Å². The van der Waals surface area contributed by atoms with Crippen molar-refractivity contribution in [1.29, 1.82) is 0 Å². The van der Waals surface area contributed by atoms with Crippen molar-refractivity contribution in [1.82, 2.24) is 14.7 Å². The van der Waals surface area contributed by atoms with Crippen LogP contribution in [0.2, 0.25) is 10.0 Å². The number of likely N-dealkylation sites (tertiary alicyclic amines) is 1. The zero-order chi connectivity index (χ0) is 17.5. The molecule has 1 aromatic heterocycles. The molecule has 2 heterocycles. The molecule has 126 valence electrons. The SMILES string of the molecule is CC1(C(=O)O)CCCN1C(=O)c1cnn(-c2ccc(Cl)cc2Cl)c1. The highest BCUT2D eigenvalue weighted by atomic mass is 35.5. The number of hydrogen-bond acceptors (Lipinski definition) is 3. The van der Waals surface area contributed by atoms with Gasteiger partial charge in [0.2, 0.25) is 0 Å². The standard InChI is InChI=1S/C16H15Cl2N3O3/c1-16(15(23)24)5-2-6-20(16)14(22)10-8-19-21(9-10)13-4-3-11(17)7-12(13)18/h3-4,7-9H,2,5-6H2,1H3,(H,23,24). The fourth-order valence-corrected chi connectivity index (χ4v) is 3.39. The van der Waals surface area contributed by atoms with Crippen LogP contribution < -0.4 is 0 Å². The molecule has 1 amide bonds. The van der Waals surface area contributed by atoms with Crippen molar-refractivity contribution >= 4 is 35.1 Å². The molecule has 24 heavy (non-hydrogen) atoms. The lowest BCUT2D eigenvalue weighted by molar-refractivity contribution is -0.147. The molecule has 6 nitrogen and oxygen atoms in total. The molecule has 1 N–H and O–H groups in total. The van der Waals surface area contributed by atoms with Crippen molar-refractivity contribution in [3.8, 4) is 5.69 Å². The lowest BCUT2D eigenvalue weighted by atomic mass is 9.99. The minimum absolute atomic E-state index is 0.315. The molecule has 0 saturated carbocycles. The van der Waals surface area contributed by atoms with Crippen LogP contribution in [-0.4, -0.2) is 43.7 Å². The molecule has 0 radical (unpaired) electrons. The number of aromatic nitrogens is 2. The van der Waals surface area contributed by atoms with E-state index in [1.807, 2.05) is 0 Å². The minimum atomic E-state index is -1.18. The molecule has 3 rings (SSSR count). The molecule has 1 aromatic carbocycles. The van der Waals surface area contributed by atoms with Gasteiger partial charge in [-0.3, -0.25) is 4.79 Å². The maximum absolute atomic E-state index is 12.7. The van der Waals surface area contributed by atoms with E-state index >= 15 is 0 Å². The average molecular weight is 368 g/mol. The Kier molecular flexibility index (Phi) is 4.27. The molecule has 1 fully saturated rings. The number of rotatable bonds is 3. The fraction of sp³-hybridized carbons (Fsp3) is 0.312. The first kappa shape index (κ1) is 16.8. The molecule has 2 aromatic rings. The van der Waals surface area contributed by atoms with Gasteiger partial charge in [-0.25, -0.2) is 9.48 Å². The monoisotopic (exact) mass is 367 g/mol. The average Bonchev–Trinajstić information content (AvgIpc) is 3.14.